The fraction of sp³-hybridized carbons (Fsp3) is 0.500. The van der Waals surface area contributed by atoms with Crippen LogP contribution in [0.5, 0.6) is 5.75 Å². The van der Waals surface area contributed by atoms with E-state index >= 15 is 0 Å². The number of carbonyl (C=O) groups is 2. The maximum atomic E-state index is 12.2. The number of carboxylic acids is 2. The van der Waals surface area contributed by atoms with Gasteiger partial charge in [0, 0.05) is 11.1 Å². The summed E-state index contributed by atoms with van der Waals surface area (Å²) in [4.78, 5) is 24.4. The quantitative estimate of drug-likeness (QED) is 0.394. The summed E-state index contributed by atoms with van der Waals surface area (Å²) in [5.41, 5.74) is 1.38. The van der Waals surface area contributed by atoms with Crippen LogP contribution >= 0.6 is 0 Å². The summed E-state index contributed by atoms with van der Waals surface area (Å²) in [6.45, 7) is 14.1. The second-order valence-electron chi connectivity index (χ2n) is 11.0. The Kier molecular flexibility index (Phi) is 7.67. The molecule has 0 unspecified atom stereocenters. The monoisotopic (exact) mass is 454 g/mol. The SMILES string of the molecule is CCCCC(Cc1ccccc1-c1cc(C(C)(C)C)c(O)c(C(C)(C)C)c1)(C(=O)O)C(=O)O. The molecule has 0 spiro atoms. The van der Waals surface area contributed by atoms with Gasteiger partial charge < -0.3 is 15.3 Å². The van der Waals surface area contributed by atoms with Gasteiger partial charge in [0.25, 0.3) is 0 Å². The minimum absolute atomic E-state index is 0.0680. The molecule has 180 valence electrons. The molecule has 5 nitrogen and oxygen atoms in total. The van der Waals surface area contributed by atoms with Crippen molar-refractivity contribution in [2.24, 2.45) is 5.41 Å². The summed E-state index contributed by atoms with van der Waals surface area (Å²) < 4.78 is 0. The number of hydrogen-bond donors (Lipinski definition) is 3. The second kappa shape index (κ2) is 9.58. The average Bonchev–Trinajstić information content (AvgIpc) is 2.69. The largest absolute Gasteiger partial charge is 0.507 e. The van der Waals surface area contributed by atoms with Crippen molar-refractivity contribution in [1.29, 1.82) is 0 Å². The van der Waals surface area contributed by atoms with E-state index < -0.39 is 17.4 Å². The Balaban J connectivity index is 2.77. The number of phenols is 1. The van der Waals surface area contributed by atoms with Gasteiger partial charge in [-0.3, -0.25) is 9.59 Å². The summed E-state index contributed by atoms with van der Waals surface area (Å²) in [7, 11) is 0. The highest BCUT2D eigenvalue weighted by atomic mass is 16.4. The van der Waals surface area contributed by atoms with Crippen molar-refractivity contribution >= 4 is 11.9 Å². The third-order valence-electron chi connectivity index (χ3n) is 6.32. The van der Waals surface area contributed by atoms with Crippen LogP contribution in [0.3, 0.4) is 0 Å². The van der Waals surface area contributed by atoms with Gasteiger partial charge in [0.05, 0.1) is 0 Å². The molecule has 0 aromatic heterocycles. The predicted octanol–water partition coefficient (Wildman–Crippen LogP) is 6.54. The molecule has 0 aliphatic carbocycles. The summed E-state index contributed by atoms with van der Waals surface area (Å²) in [6, 6.07) is 11.3. The van der Waals surface area contributed by atoms with Crippen molar-refractivity contribution < 1.29 is 24.9 Å². The number of benzene rings is 2. The summed E-state index contributed by atoms with van der Waals surface area (Å²) in [5, 5.41) is 31.0. The van der Waals surface area contributed by atoms with Crippen LogP contribution in [0.15, 0.2) is 36.4 Å². The van der Waals surface area contributed by atoms with Crippen molar-refractivity contribution in [2.45, 2.75) is 85.0 Å². The van der Waals surface area contributed by atoms with Crippen molar-refractivity contribution in [3.8, 4) is 16.9 Å². The zero-order valence-electron chi connectivity index (χ0n) is 21.0. The minimum atomic E-state index is -1.89. The Labute approximate surface area is 197 Å². The van der Waals surface area contributed by atoms with Crippen LogP contribution in [0.4, 0.5) is 0 Å². The van der Waals surface area contributed by atoms with Crippen LogP contribution in [0.1, 0.15) is 84.4 Å². The number of unbranched alkanes of at least 4 members (excludes halogenated alkanes) is 1. The van der Waals surface area contributed by atoms with E-state index in [2.05, 4.69) is 0 Å². The van der Waals surface area contributed by atoms with Gasteiger partial charge in [0.1, 0.15) is 5.75 Å². The van der Waals surface area contributed by atoms with Gasteiger partial charge in [-0.1, -0.05) is 85.6 Å². The van der Waals surface area contributed by atoms with E-state index in [1.54, 1.807) is 0 Å². The fourth-order valence-electron chi connectivity index (χ4n) is 4.24. The van der Waals surface area contributed by atoms with Gasteiger partial charge in [-0.15, -0.1) is 0 Å². The lowest BCUT2D eigenvalue weighted by atomic mass is 9.74. The van der Waals surface area contributed by atoms with Crippen LogP contribution in [-0.2, 0) is 26.8 Å². The van der Waals surface area contributed by atoms with E-state index in [1.807, 2.05) is 84.9 Å². The van der Waals surface area contributed by atoms with Crippen LogP contribution < -0.4 is 0 Å². The highest BCUT2D eigenvalue weighted by Gasteiger charge is 2.46. The first-order valence-electron chi connectivity index (χ1n) is 11.6. The lowest BCUT2D eigenvalue weighted by molar-refractivity contribution is -0.165. The maximum absolute atomic E-state index is 12.2. The van der Waals surface area contributed by atoms with Gasteiger partial charge >= 0.3 is 11.9 Å². The molecule has 3 N–H and O–H groups in total. The van der Waals surface area contributed by atoms with E-state index in [9.17, 15) is 24.9 Å². The Morgan fingerprint density at radius 1 is 0.848 bits per heavy atom. The van der Waals surface area contributed by atoms with Crippen LogP contribution in [0.2, 0.25) is 0 Å². The molecule has 0 radical (unpaired) electrons. The van der Waals surface area contributed by atoms with Crippen LogP contribution in [-0.4, -0.2) is 27.3 Å². The predicted molar refractivity (Wildman–Crippen MR) is 132 cm³/mol. The summed E-state index contributed by atoms with van der Waals surface area (Å²) in [5.74, 6) is -2.35. The molecule has 5 heteroatoms. The Morgan fingerprint density at radius 3 is 1.76 bits per heavy atom. The lowest BCUT2D eigenvalue weighted by Gasteiger charge is -2.29. The molecule has 0 atom stereocenters. The van der Waals surface area contributed by atoms with E-state index in [0.717, 1.165) is 22.3 Å². The number of aliphatic carboxylic acids is 2. The number of phenolic OH excluding ortho intramolecular Hbond substituents is 1. The molecule has 0 aliphatic rings. The smallest absolute Gasteiger partial charge is 0.321 e. The normalized spacial score (nSPS) is 12.6. The maximum Gasteiger partial charge on any atom is 0.321 e. The Hall–Kier alpha value is -2.82. The molecule has 0 heterocycles. The second-order valence-corrected chi connectivity index (χ2v) is 11.0. The first-order chi connectivity index (χ1) is 15.1. The average molecular weight is 455 g/mol. The lowest BCUT2D eigenvalue weighted by Crippen LogP contribution is -2.41. The van der Waals surface area contributed by atoms with Gasteiger partial charge in [-0.25, -0.2) is 0 Å². The van der Waals surface area contributed by atoms with Crippen molar-refractivity contribution in [2.75, 3.05) is 0 Å². The number of rotatable bonds is 8. The molecule has 0 aliphatic heterocycles. The Morgan fingerprint density at radius 2 is 1.33 bits per heavy atom. The zero-order valence-corrected chi connectivity index (χ0v) is 21.0. The van der Waals surface area contributed by atoms with Crippen molar-refractivity contribution in [3.63, 3.8) is 0 Å². The van der Waals surface area contributed by atoms with E-state index in [1.165, 1.54) is 0 Å². The number of aromatic hydroxyl groups is 1. The Bertz CT molecular complexity index is 972. The molecule has 0 bridgehead atoms. The van der Waals surface area contributed by atoms with Gasteiger partial charge in [-0.05, 0) is 52.5 Å². The molecule has 0 fully saturated rings. The van der Waals surface area contributed by atoms with E-state index in [0.29, 0.717) is 18.4 Å². The van der Waals surface area contributed by atoms with Crippen LogP contribution in [0, 0.1) is 5.41 Å². The first-order valence-corrected chi connectivity index (χ1v) is 11.6. The van der Waals surface area contributed by atoms with Gasteiger partial charge in [0.15, 0.2) is 5.41 Å². The van der Waals surface area contributed by atoms with Crippen LogP contribution in [0.25, 0.3) is 11.1 Å². The minimum Gasteiger partial charge on any atom is -0.507 e. The zero-order chi connectivity index (χ0) is 25.2. The molecular weight excluding hydrogens is 416 g/mol. The van der Waals surface area contributed by atoms with E-state index in [-0.39, 0.29) is 29.4 Å². The fourth-order valence-corrected chi connectivity index (χ4v) is 4.24. The molecule has 33 heavy (non-hydrogen) atoms. The third-order valence-corrected chi connectivity index (χ3v) is 6.32. The summed E-state index contributed by atoms with van der Waals surface area (Å²) >= 11 is 0. The molecule has 2 aromatic carbocycles. The molecule has 2 rings (SSSR count). The first kappa shape index (κ1) is 26.4. The van der Waals surface area contributed by atoms with Crippen molar-refractivity contribution in [3.05, 3.63) is 53.1 Å². The molecule has 0 saturated heterocycles. The summed E-state index contributed by atoms with van der Waals surface area (Å²) in [6.07, 6.45) is 1.19. The topological polar surface area (TPSA) is 94.8 Å². The van der Waals surface area contributed by atoms with Gasteiger partial charge in [0.2, 0.25) is 0 Å². The molecule has 0 amide bonds. The number of hydrogen-bond acceptors (Lipinski definition) is 3. The third kappa shape index (κ3) is 5.58. The number of carboxylic acid groups (broad SMARTS) is 2. The van der Waals surface area contributed by atoms with Crippen molar-refractivity contribution in [1.82, 2.24) is 0 Å². The molecule has 2 aromatic rings. The van der Waals surface area contributed by atoms with E-state index in [4.69, 9.17) is 0 Å². The highest BCUT2D eigenvalue weighted by Crippen LogP contribution is 2.43. The highest BCUT2D eigenvalue weighted by molar-refractivity contribution is 5.98. The standard InChI is InChI=1S/C28H38O5/c1-8-9-14-28(24(30)31,25(32)33)17-18-12-10-11-13-20(18)19-15-21(26(2,3)4)23(29)22(16-19)27(5,6)7/h10-13,15-16,29H,8-9,14,17H2,1-7H3,(H,30,31)(H,32,33). The molecule has 0 saturated carbocycles. The van der Waals surface area contributed by atoms with Gasteiger partial charge in [-0.2, -0.15) is 0 Å². The molecular formula is C28H38O5.